The third-order valence-corrected chi connectivity index (χ3v) is 4.99. The maximum Gasteiger partial charge on any atom is 0.220 e. The standard InChI is InChI=1S/C19H28N2O4/c1-24-17-6-5-14(15-10-19(23)20-11-15)9-18(17)25-13-16(22)12-21-7-3-2-4-8-21/h5-6,9,15-16,22H,2-4,7-8,10-13H2,1H3,(H,20,23). The van der Waals surface area contributed by atoms with Crippen LogP contribution in [0.3, 0.4) is 0 Å². The van der Waals surface area contributed by atoms with Gasteiger partial charge in [-0.2, -0.15) is 0 Å². The summed E-state index contributed by atoms with van der Waals surface area (Å²) in [5.41, 5.74) is 1.06. The topological polar surface area (TPSA) is 71.0 Å². The summed E-state index contributed by atoms with van der Waals surface area (Å²) in [6, 6.07) is 5.77. The van der Waals surface area contributed by atoms with Gasteiger partial charge in [-0.15, -0.1) is 0 Å². The average molecular weight is 348 g/mol. The van der Waals surface area contributed by atoms with Crippen LogP contribution in [-0.2, 0) is 4.79 Å². The number of aliphatic hydroxyl groups is 1. The summed E-state index contributed by atoms with van der Waals surface area (Å²) in [6.45, 7) is 3.64. The van der Waals surface area contributed by atoms with Gasteiger partial charge in [0, 0.05) is 25.4 Å². The second-order valence-electron chi connectivity index (χ2n) is 6.94. The molecule has 2 atom stereocenters. The number of carbonyl (C=O) groups is 1. The molecule has 2 N–H and O–H groups in total. The van der Waals surface area contributed by atoms with E-state index in [0.717, 1.165) is 18.7 Å². The summed E-state index contributed by atoms with van der Waals surface area (Å²) in [5.74, 6) is 1.52. The zero-order valence-electron chi connectivity index (χ0n) is 14.9. The number of hydrogen-bond donors (Lipinski definition) is 2. The van der Waals surface area contributed by atoms with E-state index in [-0.39, 0.29) is 18.4 Å². The number of likely N-dealkylation sites (tertiary alicyclic amines) is 1. The molecule has 2 aliphatic rings. The molecule has 2 unspecified atom stereocenters. The number of benzene rings is 1. The van der Waals surface area contributed by atoms with Crippen molar-refractivity contribution < 1.29 is 19.4 Å². The molecule has 0 spiro atoms. The van der Waals surface area contributed by atoms with Crippen LogP contribution in [0.4, 0.5) is 0 Å². The minimum absolute atomic E-state index is 0.0836. The number of piperidine rings is 1. The average Bonchev–Trinajstić information content (AvgIpc) is 3.07. The quantitative estimate of drug-likeness (QED) is 0.782. The number of aliphatic hydroxyl groups excluding tert-OH is 1. The van der Waals surface area contributed by atoms with E-state index in [0.29, 0.717) is 31.0 Å². The Kier molecular flexibility index (Phi) is 6.15. The highest BCUT2D eigenvalue weighted by atomic mass is 16.5. The van der Waals surface area contributed by atoms with E-state index in [4.69, 9.17) is 9.47 Å². The first kappa shape index (κ1) is 18.0. The van der Waals surface area contributed by atoms with Crippen LogP contribution in [0, 0.1) is 0 Å². The van der Waals surface area contributed by atoms with Crippen LogP contribution < -0.4 is 14.8 Å². The summed E-state index contributed by atoms with van der Waals surface area (Å²) in [6.07, 6.45) is 3.67. The molecular weight excluding hydrogens is 320 g/mol. The summed E-state index contributed by atoms with van der Waals surface area (Å²) in [5, 5.41) is 13.1. The van der Waals surface area contributed by atoms with Gasteiger partial charge in [0.05, 0.1) is 7.11 Å². The molecule has 6 heteroatoms. The normalized spacial score (nSPS) is 22.5. The smallest absolute Gasteiger partial charge is 0.220 e. The minimum Gasteiger partial charge on any atom is -0.493 e. The summed E-state index contributed by atoms with van der Waals surface area (Å²) < 4.78 is 11.2. The number of nitrogens with zero attached hydrogens (tertiary/aromatic N) is 1. The van der Waals surface area contributed by atoms with Crippen molar-refractivity contribution in [3.63, 3.8) is 0 Å². The number of methoxy groups -OCH3 is 1. The van der Waals surface area contributed by atoms with Gasteiger partial charge in [-0.05, 0) is 43.6 Å². The van der Waals surface area contributed by atoms with Gasteiger partial charge in [-0.3, -0.25) is 4.79 Å². The van der Waals surface area contributed by atoms with Crippen LogP contribution in [0.15, 0.2) is 18.2 Å². The lowest BCUT2D eigenvalue weighted by molar-refractivity contribution is -0.119. The number of ether oxygens (including phenoxy) is 2. The van der Waals surface area contributed by atoms with E-state index in [9.17, 15) is 9.90 Å². The van der Waals surface area contributed by atoms with Crippen molar-refractivity contribution >= 4 is 5.91 Å². The first-order valence-electron chi connectivity index (χ1n) is 9.13. The fourth-order valence-electron chi connectivity index (χ4n) is 3.58. The molecule has 3 rings (SSSR count). The Hall–Kier alpha value is -1.79. The molecule has 25 heavy (non-hydrogen) atoms. The van der Waals surface area contributed by atoms with Gasteiger partial charge in [-0.1, -0.05) is 12.5 Å². The van der Waals surface area contributed by atoms with Gasteiger partial charge < -0.3 is 24.8 Å². The third kappa shape index (κ3) is 4.86. The van der Waals surface area contributed by atoms with E-state index in [1.54, 1.807) is 7.11 Å². The van der Waals surface area contributed by atoms with Crippen molar-refractivity contribution in [2.75, 3.05) is 39.9 Å². The highest BCUT2D eigenvalue weighted by Gasteiger charge is 2.24. The monoisotopic (exact) mass is 348 g/mol. The highest BCUT2D eigenvalue weighted by Crippen LogP contribution is 2.33. The van der Waals surface area contributed by atoms with Crippen LogP contribution >= 0.6 is 0 Å². The van der Waals surface area contributed by atoms with Crippen molar-refractivity contribution in [3.05, 3.63) is 23.8 Å². The van der Waals surface area contributed by atoms with Crippen molar-refractivity contribution in [2.45, 2.75) is 37.7 Å². The Morgan fingerprint density at radius 3 is 2.76 bits per heavy atom. The van der Waals surface area contributed by atoms with Crippen LogP contribution in [0.5, 0.6) is 11.5 Å². The first-order chi connectivity index (χ1) is 12.2. The Labute approximate surface area is 149 Å². The fourth-order valence-corrected chi connectivity index (χ4v) is 3.58. The second kappa shape index (κ2) is 8.54. The van der Waals surface area contributed by atoms with Gasteiger partial charge in [0.15, 0.2) is 11.5 Å². The lowest BCUT2D eigenvalue weighted by Gasteiger charge is -2.28. The van der Waals surface area contributed by atoms with Gasteiger partial charge >= 0.3 is 0 Å². The number of carbonyl (C=O) groups excluding carboxylic acids is 1. The molecule has 2 aliphatic heterocycles. The molecular formula is C19H28N2O4. The van der Waals surface area contributed by atoms with Gasteiger partial charge in [0.25, 0.3) is 0 Å². The van der Waals surface area contributed by atoms with E-state index < -0.39 is 6.10 Å². The van der Waals surface area contributed by atoms with Gasteiger partial charge in [0.1, 0.15) is 12.7 Å². The molecule has 0 aliphatic carbocycles. The van der Waals surface area contributed by atoms with Crippen molar-refractivity contribution in [2.24, 2.45) is 0 Å². The Bertz CT molecular complexity index is 587. The summed E-state index contributed by atoms with van der Waals surface area (Å²) in [4.78, 5) is 13.7. The van der Waals surface area contributed by atoms with Crippen LogP contribution in [-0.4, -0.2) is 61.9 Å². The summed E-state index contributed by atoms with van der Waals surface area (Å²) >= 11 is 0. The number of β-amino-alcohol motifs (C(OH)–C–C–N with tert-alkyl or cyclic N) is 1. The predicted octanol–water partition coefficient (Wildman–Crippen LogP) is 1.52. The molecule has 0 bridgehead atoms. The Morgan fingerprint density at radius 2 is 2.08 bits per heavy atom. The Morgan fingerprint density at radius 1 is 1.28 bits per heavy atom. The molecule has 0 radical (unpaired) electrons. The number of hydrogen-bond acceptors (Lipinski definition) is 5. The zero-order chi connectivity index (χ0) is 17.6. The number of rotatable bonds is 7. The molecule has 2 saturated heterocycles. The molecule has 1 aromatic rings. The first-order valence-corrected chi connectivity index (χ1v) is 9.13. The largest absolute Gasteiger partial charge is 0.493 e. The maximum absolute atomic E-state index is 11.4. The van der Waals surface area contributed by atoms with Gasteiger partial charge in [-0.25, -0.2) is 0 Å². The van der Waals surface area contributed by atoms with Crippen LogP contribution in [0.2, 0.25) is 0 Å². The lowest BCUT2D eigenvalue weighted by atomic mass is 9.98. The predicted molar refractivity (Wildman–Crippen MR) is 95.2 cm³/mol. The van der Waals surface area contributed by atoms with Crippen molar-refractivity contribution in [1.29, 1.82) is 0 Å². The van der Waals surface area contributed by atoms with Crippen LogP contribution in [0.1, 0.15) is 37.2 Å². The third-order valence-electron chi connectivity index (χ3n) is 4.99. The van der Waals surface area contributed by atoms with E-state index in [1.165, 1.54) is 19.3 Å². The van der Waals surface area contributed by atoms with Crippen molar-refractivity contribution in [3.8, 4) is 11.5 Å². The van der Waals surface area contributed by atoms with Crippen LogP contribution in [0.25, 0.3) is 0 Å². The molecule has 0 aromatic heterocycles. The number of nitrogens with one attached hydrogen (secondary N) is 1. The molecule has 1 amide bonds. The molecule has 138 valence electrons. The summed E-state index contributed by atoms with van der Waals surface area (Å²) in [7, 11) is 1.60. The minimum atomic E-state index is -0.527. The van der Waals surface area contributed by atoms with E-state index in [2.05, 4.69) is 10.2 Å². The van der Waals surface area contributed by atoms with E-state index in [1.807, 2.05) is 18.2 Å². The molecule has 0 saturated carbocycles. The Balaban J connectivity index is 1.58. The molecule has 2 fully saturated rings. The fraction of sp³-hybridized carbons (Fsp3) is 0.632. The SMILES string of the molecule is COc1ccc(C2CNC(=O)C2)cc1OCC(O)CN1CCCCC1. The van der Waals surface area contributed by atoms with Gasteiger partial charge in [0.2, 0.25) is 5.91 Å². The van der Waals surface area contributed by atoms with E-state index >= 15 is 0 Å². The number of amides is 1. The molecule has 1 aromatic carbocycles. The zero-order valence-corrected chi connectivity index (χ0v) is 14.9. The second-order valence-corrected chi connectivity index (χ2v) is 6.94. The highest BCUT2D eigenvalue weighted by molar-refractivity contribution is 5.79. The van der Waals surface area contributed by atoms with Crippen molar-refractivity contribution in [1.82, 2.24) is 10.2 Å². The molecule has 6 nitrogen and oxygen atoms in total. The lowest BCUT2D eigenvalue weighted by Crippen LogP contribution is -2.38. The maximum atomic E-state index is 11.4. The molecule has 2 heterocycles.